The number of aliphatic hydroxyl groups is 1. The van der Waals surface area contributed by atoms with E-state index in [0.717, 1.165) is 25.7 Å². The molecule has 8 heteroatoms. The Labute approximate surface area is 223 Å². The molecule has 0 saturated heterocycles. The van der Waals surface area contributed by atoms with Crippen molar-refractivity contribution in [2.75, 3.05) is 20.6 Å². The molecule has 1 amide bonds. The molecule has 6 atom stereocenters. The van der Waals surface area contributed by atoms with Crippen molar-refractivity contribution in [1.29, 1.82) is 0 Å². The van der Waals surface area contributed by atoms with Crippen molar-refractivity contribution in [2.24, 2.45) is 34.2 Å². The fourth-order valence-corrected chi connectivity index (χ4v) is 7.38. The van der Waals surface area contributed by atoms with Gasteiger partial charge in [0.1, 0.15) is 12.3 Å². The molecular formula is C29H52F2N4O2. The maximum atomic E-state index is 14.0. The molecule has 0 spiro atoms. The molecule has 0 aliphatic heterocycles. The molecule has 0 aromatic carbocycles. The van der Waals surface area contributed by atoms with Crippen LogP contribution in [0.3, 0.4) is 0 Å². The fraction of sp³-hybridized carbons (Fsp3) is 0.931. The summed E-state index contributed by atoms with van der Waals surface area (Å²) in [5, 5.41) is 22.2. The lowest BCUT2D eigenvalue weighted by molar-refractivity contribution is -0.129. The van der Waals surface area contributed by atoms with Crippen LogP contribution < -0.4 is 16.1 Å². The van der Waals surface area contributed by atoms with E-state index in [0.29, 0.717) is 24.8 Å². The molecule has 4 N–H and O–H groups in total. The van der Waals surface area contributed by atoms with Gasteiger partial charge in [0, 0.05) is 38.3 Å². The van der Waals surface area contributed by atoms with Crippen molar-refractivity contribution in [3.8, 4) is 0 Å². The number of nitrogens with zero attached hydrogens (tertiary/aromatic N) is 1. The van der Waals surface area contributed by atoms with E-state index in [1.807, 2.05) is 7.05 Å². The zero-order chi connectivity index (χ0) is 27.2. The maximum Gasteiger partial charge on any atom is 0.225 e. The van der Waals surface area contributed by atoms with Crippen molar-refractivity contribution in [3.05, 3.63) is 0 Å². The highest BCUT2D eigenvalue weighted by Gasteiger charge is 2.45. The van der Waals surface area contributed by atoms with Gasteiger partial charge in [-0.15, -0.1) is 0 Å². The Morgan fingerprint density at radius 3 is 2.30 bits per heavy atom. The summed E-state index contributed by atoms with van der Waals surface area (Å²) >= 11 is 0. The normalized spacial score (nSPS) is 34.9. The molecule has 3 fully saturated rings. The molecule has 3 aliphatic carbocycles. The summed E-state index contributed by atoms with van der Waals surface area (Å²) in [6, 6.07) is 0. The molecule has 3 rings (SSSR count). The summed E-state index contributed by atoms with van der Waals surface area (Å²) in [6.45, 7) is 7.32. The average Bonchev–Trinajstić information content (AvgIpc) is 2.85. The third-order valence-electron chi connectivity index (χ3n) is 9.66. The lowest BCUT2D eigenvalue weighted by Crippen LogP contribution is -2.58. The SMILES string of the molecule is CNN=C1CCC(NCC(O)C(CC2CC(F)CC(F)C2)C(=O)NC)(C2CCCC(C(C)(C)C)C2)CC1. The van der Waals surface area contributed by atoms with Crippen molar-refractivity contribution < 1.29 is 18.7 Å². The van der Waals surface area contributed by atoms with Gasteiger partial charge in [0.15, 0.2) is 0 Å². The highest BCUT2D eigenvalue weighted by atomic mass is 19.1. The molecule has 6 unspecified atom stereocenters. The van der Waals surface area contributed by atoms with E-state index in [-0.39, 0.29) is 42.0 Å². The van der Waals surface area contributed by atoms with Gasteiger partial charge in [0.2, 0.25) is 5.91 Å². The largest absolute Gasteiger partial charge is 0.391 e. The number of nitrogens with one attached hydrogen (secondary N) is 3. The first kappa shape index (κ1) is 30.3. The number of carbonyl (C=O) groups is 1. The Bertz CT molecular complexity index is 751. The first-order valence-corrected chi connectivity index (χ1v) is 14.6. The maximum absolute atomic E-state index is 14.0. The quantitative estimate of drug-likeness (QED) is 0.322. The second kappa shape index (κ2) is 13.2. The molecule has 0 heterocycles. The zero-order valence-electron chi connectivity index (χ0n) is 23.8. The average molecular weight is 527 g/mol. The number of β-amino-alcohol motifs (C(OH)–C–C–N with tert-alkyl or cyclic N) is 1. The van der Waals surface area contributed by atoms with Gasteiger partial charge in [-0.25, -0.2) is 8.78 Å². The van der Waals surface area contributed by atoms with Crippen molar-refractivity contribution in [1.82, 2.24) is 16.1 Å². The Morgan fingerprint density at radius 1 is 1.08 bits per heavy atom. The van der Waals surface area contributed by atoms with E-state index >= 15 is 0 Å². The lowest BCUT2D eigenvalue weighted by Gasteiger charge is -2.50. The Kier molecular flexibility index (Phi) is 10.8. The highest BCUT2D eigenvalue weighted by Crippen LogP contribution is 2.47. The summed E-state index contributed by atoms with van der Waals surface area (Å²) in [6.07, 6.45) is 6.10. The molecular weight excluding hydrogens is 474 g/mol. The Morgan fingerprint density at radius 2 is 1.73 bits per heavy atom. The minimum absolute atomic E-state index is 0.0520. The van der Waals surface area contributed by atoms with Gasteiger partial charge in [0.25, 0.3) is 0 Å². The van der Waals surface area contributed by atoms with Crippen LogP contribution in [0.4, 0.5) is 8.78 Å². The van der Waals surface area contributed by atoms with E-state index in [1.165, 1.54) is 31.4 Å². The predicted molar refractivity (Wildman–Crippen MR) is 146 cm³/mol. The minimum Gasteiger partial charge on any atom is -0.391 e. The minimum atomic E-state index is -1.17. The third kappa shape index (κ3) is 8.11. The van der Waals surface area contributed by atoms with Gasteiger partial charge in [-0.05, 0) is 87.4 Å². The molecule has 0 radical (unpaired) electrons. The second-order valence-corrected chi connectivity index (χ2v) is 13.2. The molecule has 0 aromatic heterocycles. The summed E-state index contributed by atoms with van der Waals surface area (Å²) < 4.78 is 28.1. The van der Waals surface area contributed by atoms with E-state index < -0.39 is 24.4 Å². The smallest absolute Gasteiger partial charge is 0.225 e. The number of rotatable bonds is 9. The molecule has 37 heavy (non-hydrogen) atoms. The highest BCUT2D eigenvalue weighted by molar-refractivity contribution is 5.85. The van der Waals surface area contributed by atoms with Crippen LogP contribution in [0.1, 0.15) is 97.8 Å². The van der Waals surface area contributed by atoms with Crippen LogP contribution in [0.2, 0.25) is 0 Å². The fourth-order valence-electron chi connectivity index (χ4n) is 7.38. The number of hydrogen-bond acceptors (Lipinski definition) is 5. The van der Waals surface area contributed by atoms with E-state index in [4.69, 9.17) is 0 Å². The monoisotopic (exact) mass is 526 g/mol. The van der Waals surface area contributed by atoms with Gasteiger partial charge in [0.05, 0.1) is 12.0 Å². The Balaban J connectivity index is 1.73. The van der Waals surface area contributed by atoms with Gasteiger partial charge in [-0.1, -0.05) is 27.2 Å². The van der Waals surface area contributed by atoms with Crippen LogP contribution in [-0.4, -0.2) is 61.4 Å². The van der Waals surface area contributed by atoms with E-state index in [1.54, 1.807) is 7.05 Å². The number of hydrogen-bond donors (Lipinski definition) is 4. The molecule has 3 aliphatic rings. The number of hydrazone groups is 1. The molecule has 0 bridgehead atoms. The molecule has 0 aromatic rings. The van der Waals surface area contributed by atoms with Crippen LogP contribution in [0.25, 0.3) is 0 Å². The molecule has 6 nitrogen and oxygen atoms in total. The van der Waals surface area contributed by atoms with Gasteiger partial charge in [-0.3, -0.25) is 4.79 Å². The summed E-state index contributed by atoms with van der Waals surface area (Å²) in [5.41, 5.74) is 4.27. The van der Waals surface area contributed by atoms with E-state index in [9.17, 15) is 18.7 Å². The van der Waals surface area contributed by atoms with Crippen molar-refractivity contribution >= 4 is 11.6 Å². The summed E-state index contributed by atoms with van der Waals surface area (Å²) in [7, 11) is 3.40. The summed E-state index contributed by atoms with van der Waals surface area (Å²) in [4.78, 5) is 12.8. The van der Waals surface area contributed by atoms with Gasteiger partial charge < -0.3 is 21.2 Å². The number of carbonyl (C=O) groups excluding carboxylic acids is 1. The Hall–Kier alpha value is -1.28. The molecule has 214 valence electrons. The van der Waals surface area contributed by atoms with Crippen LogP contribution in [-0.2, 0) is 4.79 Å². The van der Waals surface area contributed by atoms with Gasteiger partial charge >= 0.3 is 0 Å². The van der Waals surface area contributed by atoms with Crippen LogP contribution in [0.15, 0.2) is 5.10 Å². The molecule has 3 saturated carbocycles. The third-order valence-corrected chi connectivity index (χ3v) is 9.66. The lowest BCUT2D eigenvalue weighted by atomic mass is 9.61. The van der Waals surface area contributed by atoms with Crippen molar-refractivity contribution in [2.45, 2.75) is 122 Å². The standard InChI is InChI=1S/C29H52F2N4O2/c1-28(2,3)20-7-6-8-21(16-20)29(11-9-24(10-12-29)35-33-5)34-18-26(36)25(27(37)32-4)15-19-13-22(30)17-23(31)14-19/h19-23,25-26,33-34,36H,6-18H2,1-5H3,(H,32,37). The van der Waals surface area contributed by atoms with Crippen LogP contribution in [0, 0.1) is 29.1 Å². The van der Waals surface area contributed by atoms with Gasteiger partial charge in [-0.2, -0.15) is 5.10 Å². The summed E-state index contributed by atoms with van der Waals surface area (Å²) in [5.74, 6) is -0.00167. The van der Waals surface area contributed by atoms with E-state index in [2.05, 4.69) is 41.9 Å². The topological polar surface area (TPSA) is 85.8 Å². The number of amides is 1. The first-order chi connectivity index (χ1) is 17.5. The second-order valence-electron chi connectivity index (χ2n) is 13.2. The zero-order valence-corrected chi connectivity index (χ0v) is 23.8. The van der Waals surface area contributed by atoms with Crippen LogP contribution in [0.5, 0.6) is 0 Å². The van der Waals surface area contributed by atoms with Crippen LogP contribution >= 0.6 is 0 Å². The predicted octanol–water partition coefficient (Wildman–Crippen LogP) is 4.91. The number of aliphatic hydroxyl groups excluding tert-OH is 1. The number of halogens is 2. The first-order valence-electron chi connectivity index (χ1n) is 14.6. The van der Waals surface area contributed by atoms with Crippen molar-refractivity contribution in [3.63, 3.8) is 0 Å². The number of alkyl halides is 2.